The van der Waals surface area contributed by atoms with Crippen molar-refractivity contribution >= 4 is 28.7 Å². The van der Waals surface area contributed by atoms with Crippen LogP contribution in [-0.2, 0) is 0 Å². The molecule has 1 fully saturated rings. The first kappa shape index (κ1) is 13.1. The van der Waals surface area contributed by atoms with Gasteiger partial charge in [-0.1, -0.05) is 0 Å². The third-order valence-corrected chi connectivity index (χ3v) is 4.09. The number of hydrogen-bond donors (Lipinski definition) is 0. The first-order chi connectivity index (χ1) is 9.78. The third-order valence-electron chi connectivity index (χ3n) is 3.15. The molecule has 1 aromatic carbocycles. The second kappa shape index (κ2) is 5.62. The van der Waals surface area contributed by atoms with Crippen LogP contribution >= 0.6 is 11.8 Å². The molecular formula is C13H14N4O2S. The Kier molecular flexibility index (Phi) is 3.68. The van der Waals surface area contributed by atoms with Crippen molar-refractivity contribution in [2.24, 2.45) is 0 Å². The minimum absolute atomic E-state index is 0.150. The molecule has 1 aliphatic heterocycles. The summed E-state index contributed by atoms with van der Waals surface area (Å²) in [5.41, 5.74) is 1.27. The van der Waals surface area contributed by atoms with Gasteiger partial charge >= 0.3 is 0 Å². The van der Waals surface area contributed by atoms with Crippen LogP contribution < -0.4 is 4.74 Å². The van der Waals surface area contributed by atoms with Crippen molar-refractivity contribution in [1.29, 1.82) is 0 Å². The van der Waals surface area contributed by atoms with Gasteiger partial charge in [0.15, 0.2) is 0 Å². The van der Waals surface area contributed by atoms with Gasteiger partial charge in [0.2, 0.25) is 5.82 Å². The summed E-state index contributed by atoms with van der Waals surface area (Å²) in [6, 6.07) is 5.33. The van der Waals surface area contributed by atoms with Crippen molar-refractivity contribution in [3.63, 3.8) is 0 Å². The quantitative estimate of drug-likeness (QED) is 0.828. The van der Waals surface area contributed by atoms with Gasteiger partial charge in [0.1, 0.15) is 11.3 Å². The van der Waals surface area contributed by atoms with Crippen molar-refractivity contribution in [3.05, 3.63) is 24.0 Å². The van der Waals surface area contributed by atoms with Crippen LogP contribution in [0.2, 0.25) is 0 Å². The maximum atomic E-state index is 12.3. The Labute approximate surface area is 120 Å². The Balaban J connectivity index is 1.92. The zero-order valence-electron chi connectivity index (χ0n) is 11.1. The lowest BCUT2D eigenvalue weighted by molar-refractivity contribution is 0.0759. The van der Waals surface area contributed by atoms with Crippen molar-refractivity contribution in [2.75, 3.05) is 31.7 Å². The number of benzene rings is 1. The predicted octanol–water partition coefficient (Wildman–Crippen LogP) is 1.22. The van der Waals surface area contributed by atoms with Crippen LogP contribution in [-0.4, -0.2) is 57.7 Å². The van der Waals surface area contributed by atoms with Gasteiger partial charge in [-0.15, -0.1) is 10.2 Å². The number of rotatable bonds is 2. The standard InChI is InChI=1S/C13H14N4O2S/c1-19-9-2-3-10-11(8-9)14-12(16-15-10)13(18)17-4-6-20-7-5-17/h2-3,8H,4-7H2,1H3. The number of nitrogens with zero attached hydrogens (tertiary/aromatic N) is 4. The SMILES string of the molecule is COc1ccc2nnc(C(=O)N3CCSCC3)nc2c1. The van der Waals surface area contributed by atoms with Crippen molar-refractivity contribution in [3.8, 4) is 5.75 Å². The van der Waals surface area contributed by atoms with Crippen LogP contribution in [0, 0.1) is 0 Å². The van der Waals surface area contributed by atoms with Crippen molar-refractivity contribution in [2.45, 2.75) is 0 Å². The summed E-state index contributed by atoms with van der Waals surface area (Å²) in [6.07, 6.45) is 0. The minimum Gasteiger partial charge on any atom is -0.497 e. The predicted molar refractivity (Wildman–Crippen MR) is 77.1 cm³/mol. The summed E-state index contributed by atoms with van der Waals surface area (Å²) >= 11 is 1.85. The number of carbonyl (C=O) groups excluding carboxylic acids is 1. The molecule has 3 rings (SSSR count). The van der Waals surface area contributed by atoms with E-state index in [1.165, 1.54) is 0 Å². The molecule has 0 unspecified atom stereocenters. The largest absolute Gasteiger partial charge is 0.497 e. The van der Waals surface area contributed by atoms with E-state index in [-0.39, 0.29) is 11.7 Å². The van der Waals surface area contributed by atoms with Gasteiger partial charge in [-0.3, -0.25) is 4.79 Å². The molecule has 20 heavy (non-hydrogen) atoms. The molecule has 1 aliphatic rings. The summed E-state index contributed by atoms with van der Waals surface area (Å²) in [6.45, 7) is 1.48. The number of hydrogen-bond acceptors (Lipinski definition) is 6. The number of carbonyl (C=O) groups is 1. The topological polar surface area (TPSA) is 68.2 Å². The molecule has 0 atom stereocenters. The molecule has 0 N–H and O–H groups in total. The third kappa shape index (κ3) is 2.53. The highest BCUT2D eigenvalue weighted by Crippen LogP contribution is 2.17. The Morgan fingerprint density at radius 1 is 1.25 bits per heavy atom. The zero-order valence-corrected chi connectivity index (χ0v) is 11.9. The number of ether oxygens (including phenoxy) is 1. The van der Waals surface area contributed by atoms with E-state index in [0.717, 1.165) is 24.6 Å². The fraction of sp³-hybridized carbons (Fsp3) is 0.385. The molecule has 104 valence electrons. The van der Waals surface area contributed by atoms with Gasteiger partial charge in [0.25, 0.3) is 5.91 Å². The van der Waals surface area contributed by atoms with Crippen molar-refractivity contribution in [1.82, 2.24) is 20.1 Å². The number of amides is 1. The second-order valence-corrected chi connectivity index (χ2v) is 5.62. The van der Waals surface area contributed by atoms with Crippen LogP contribution in [0.5, 0.6) is 5.75 Å². The summed E-state index contributed by atoms with van der Waals surface area (Å²) in [4.78, 5) is 18.4. The van der Waals surface area contributed by atoms with E-state index in [2.05, 4.69) is 15.2 Å². The molecule has 7 heteroatoms. The molecule has 0 radical (unpaired) electrons. The fourth-order valence-corrected chi connectivity index (χ4v) is 2.94. The lowest BCUT2D eigenvalue weighted by atomic mass is 10.3. The molecule has 0 bridgehead atoms. The Morgan fingerprint density at radius 2 is 2.05 bits per heavy atom. The maximum Gasteiger partial charge on any atom is 0.293 e. The number of fused-ring (bicyclic) bond motifs is 1. The number of aromatic nitrogens is 3. The summed E-state index contributed by atoms with van der Waals surface area (Å²) in [5.74, 6) is 2.60. The van der Waals surface area contributed by atoms with Gasteiger partial charge in [0.05, 0.1) is 12.6 Å². The van der Waals surface area contributed by atoms with E-state index in [1.807, 2.05) is 11.8 Å². The lowest BCUT2D eigenvalue weighted by Crippen LogP contribution is -2.38. The minimum atomic E-state index is -0.150. The molecule has 1 amide bonds. The molecule has 1 aromatic heterocycles. The highest BCUT2D eigenvalue weighted by Gasteiger charge is 2.21. The molecule has 2 heterocycles. The highest BCUT2D eigenvalue weighted by atomic mass is 32.2. The Hall–Kier alpha value is -1.89. The number of thioether (sulfide) groups is 1. The molecular weight excluding hydrogens is 276 g/mol. The summed E-state index contributed by atoms with van der Waals surface area (Å²) in [7, 11) is 1.59. The second-order valence-electron chi connectivity index (χ2n) is 4.39. The normalized spacial score (nSPS) is 15.3. The highest BCUT2D eigenvalue weighted by molar-refractivity contribution is 7.99. The molecule has 2 aromatic rings. The molecule has 6 nitrogen and oxygen atoms in total. The average molecular weight is 290 g/mol. The van der Waals surface area contributed by atoms with E-state index in [0.29, 0.717) is 16.8 Å². The maximum absolute atomic E-state index is 12.3. The van der Waals surface area contributed by atoms with Crippen LogP contribution in [0.4, 0.5) is 0 Å². The smallest absolute Gasteiger partial charge is 0.293 e. The van der Waals surface area contributed by atoms with Crippen LogP contribution in [0.3, 0.4) is 0 Å². The zero-order chi connectivity index (χ0) is 13.9. The molecule has 0 spiro atoms. The summed E-state index contributed by atoms with van der Waals surface area (Å²) in [5, 5.41) is 7.99. The van der Waals surface area contributed by atoms with Gasteiger partial charge in [-0.25, -0.2) is 4.98 Å². The van der Waals surface area contributed by atoms with Crippen molar-refractivity contribution < 1.29 is 9.53 Å². The van der Waals surface area contributed by atoms with Gasteiger partial charge < -0.3 is 9.64 Å². The Morgan fingerprint density at radius 3 is 2.80 bits per heavy atom. The van der Waals surface area contributed by atoms with E-state index in [9.17, 15) is 4.79 Å². The first-order valence-electron chi connectivity index (χ1n) is 6.33. The molecule has 0 saturated carbocycles. The van der Waals surface area contributed by atoms with Gasteiger partial charge in [0, 0.05) is 30.7 Å². The van der Waals surface area contributed by atoms with E-state index < -0.39 is 0 Å². The van der Waals surface area contributed by atoms with E-state index in [1.54, 1.807) is 30.2 Å². The van der Waals surface area contributed by atoms with Crippen LogP contribution in [0.25, 0.3) is 11.0 Å². The summed E-state index contributed by atoms with van der Waals surface area (Å²) < 4.78 is 5.15. The fourth-order valence-electron chi connectivity index (χ4n) is 2.04. The molecule has 1 saturated heterocycles. The lowest BCUT2D eigenvalue weighted by Gasteiger charge is -2.25. The van der Waals surface area contributed by atoms with E-state index in [4.69, 9.17) is 4.74 Å². The van der Waals surface area contributed by atoms with Crippen LogP contribution in [0.15, 0.2) is 18.2 Å². The average Bonchev–Trinajstić information content (AvgIpc) is 2.54. The van der Waals surface area contributed by atoms with Crippen LogP contribution in [0.1, 0.15) is 10.6 Å². The monoisotopic (exact) mass is 290 g/mol. The Bertz CT molecular complexity index is 643. The van der Waals surface area contributed by atoms with Gasteiger partial charge in [-0.2, -0.15) is 11.8 Å². The number of methoxy groups -OCH3 is 1. The van der Waals surface area contributed by atoms with E-state index >= 15 is 0 Å². The first-order valence-corrected chi connectivity index (χ1v) is 7.49. The molecule has 0 aliphatic carbocycles. The van der Waals surface area contributed by atoms with Gasteiger partial charge in [-0.05, 0) is 12.1 Å².